The predicted molar refractivity (Wildman–Crippen MR) is 111 cm³/mol. The molecule has 2 N–H and O–H groups in total. The molecule has 1 aromatic heterocycles. The van der Waals surface area contributed by atoms with Crippen molar-refractivity contribution in [3.05, 3.63) is 16.9 Å². The first-order chi connectivity index (χ1) is 12.4. The highest BCUT2D eigenvalue weighted by atomic mass is 32.2. The first kappa shape index (κ1) is 19.2. The second-order valence-electron chi connectivity index (χ2n) is 8.22. The molecule has 2 heterocycles. The lowest BCUT2D eigenvalue weighted by molar-refractivity contribution is 0.371. The second kappa shape index (κ2) is 7.99. The maximum Gasteiger partial charge on any atom is 0.158 e. The molecule has 1 aliphatic heterocycles. The molecular formula is C20H31N5S. The lowest BCUT2D eigenvalue weighted by Gasteiger charge is -2.34. The molecule has 142 valence electrons. The number of aromatic nitrogens is 2. The van der Waals surface area contributed by atoms with Crippen LogP contribution in [0.5, 0.6) is 0 Å². The zero-order valence-electron chi connectivity index (χ0n) is 16.5. The molecule has 0 fully saturated rings. The molecule has 0 spiro atoms. The molecule has 0 amide bonds. The summed E-state index contributed by atoms with van der Waals surface area (Å²) in [7, 11) is 2.11. The van der Waals surface area contributed by atoms with Crippen LogP contribution in [0.25, 0.3) is 0 Å². The summed E-state index contributed by atoms with van der Waals surface area (Å²) in [6, 6.07) is 0. The first-order valence-corrected chi connectivity index (χ1v) is 10.5. The Balaban J connectivity index is 1.81. The van der Waals surface area contributed by atoms with Gasteiger partial charge in [0.2, 0.25) is 0 Å². The lowest BCUT2D eigenvalue weighted by atomic mass is 9.78. The summed E-state index contributed by atoms with van der Waals surface area (Å²) in [6.07, 6.45) is 9.88. The van der Waals surface area contributed by atoms with Crippen molar-refractivity contribution in [3.63, 3.8) is 0 Å². The Labute approximate surface area is 161 Å². The largest absolute Gasteiger partial charge is 0.401 e. The second-order valence-corrected chi connectivity index (χ2v) is 9.22. The molecular weight excluding hydrogens is 342 g/mol. The number of rotatable bonds is 7. The van der Waals surface area contributed by atoms with Gasteiger partial charge in [-0.25, -0.2) is 15.0 Å². The van der Waals surface area contributed by atoms with E-state index in [1.165, 1.54) is 32.1 Å². The Hall–Kier alpha value is -1.56. The van der Waals surface area contributed by atoms with Crippen LogP contribution in [0.2, 0.25) is 0 Å². The monoisotopic (exact) mass is 373 g/mol. The van der Waals surface area contributed by atoms with Gasteiger partial charge in [-0.1, -0.05) is 58.2 Å². The molecule has 0 saturated carbocycles. The van der Waals surface area contributed by atoms with Crippen LogP contribution in [0.15, 0.2) is 26.9 Å². The van der Waals surface area contributed by atoms with Crippen LogP contribution in [0, 0.1) is 5.41 Å². The Bertz CT molecular complexity index is 723. The molecule has 0 saturated heterocycles. The van der Waals surface area contributed by atoms with Crippen molar-refractivity contribution in [2.75, 3.05) is 18.5 Å². The van der Waals surface area contributed by atoms with E-state index in [9.17, 15) is 0 Å². The van der Waals surface area contributed by atoms with Gasteiger partial charge in [-0.15, -0.1) is 0 Å². The van der Waals surface area contributed by atoms with E-state index in [4.69, 9.17) is 10.7 Å². The van der Waals surface area contributed by atoms with Crippen LogP contribution >= 0.6 is 11.8 Å². The normalized spacial score (nSPS) is 18.2. The van der Waals surface area contributed by atoms with Crippen LogP contribution in [0.1, 0.15) is 65.7 Å². The molecule has 2 aliphatic rings. The minimum absolute atomic E-state index is 0.158. The van der Waals surface area contributed by atoms with E-state index in [0.29, 0.717) is 0 Å². The topological polar surface area (TPSA) is 67.4 Å². The summed E-state index contributed by atoms with van der Waals surface area (Å²) in [5.41, 5.74) is 9.47. The first-order valence-electron chi connectivity index (χ1n) is 9.72. The van der Waals surface area contributed by atoms with Gasteiger partial charge in [-0.05, 0) is 24.7 Å². The molecule has 1 aromatic rings. The summed E-state index contributed by atoms with van der Waals surface area (Å²) < 4.78 is 0. The standard InChI is InChI=1S/C20H31N5S/c1-5-6-7-8-9-10-25(4)18-16-19(23-13-22-18)26-17-14(21)11-20(2,3)12-15(17)24-16/h13H,5-12,21H2,1-4H3. The number of anilines is 1. The van der Waals surface area contributed by atoms with Gasteiger partial charge in [0, 0.05) is 19.3 Å². The quantitative estimate of drug-likeness (QED) is 0.535. The van der Waals surface area contributed by atoms with Crippen LogP contribution in [-0.2, 0) is 0 Å². The van der Waals surface area contributed by atoms with Gasteiger partial charge in [0.05, 0.1) is 10.6 Å². The maximum atomic E-state index is 6.35. The fourth-order valence-electron chi connectivity index (χ4n) is 3.69. The van der Waals surface area contributed by atoms with Crippen molar-refractivity contribution in [2.45, 2.75) is 70.7 Å². The number of hydrogen-bond acceptors (Lipinski definition) is 6. The number of nitrogens with two attached hydrogens (primary N) is 1. The van der Waals surface area contributed by atoms with Crippen molar-refractivity contribution in [1.82, 2.24) is 9.97 Å². The number of aliphatic imine (C=N–C) groups is 1. The third-order valence-electron chi connectivity index (χ3n) is 5.04. The van der Waals surface area contributed by atoms with Crippen molar-refractivity contribution >= 4 is 29.0 Å². The highest BCUT2D eigenvalue weighted by Gasteiger charge is 2.34. The molecule has 0 radical (unpaired) electrons. The summed E-state index contributed by atoms with van der Waals surface area (Å²) >= 11 is 1.66. The van der Waals surface area contributed by atoms with Crippen LogP contribution in [0.3, 0.4) is 0 Å². The summed E-state index contributed by atoms with van der Waals surface area (Å²) in [5.74, 6) is 0.937. The fraction of sp³-hybridized carbons (Fsp3) is 0.650. The van der Waals surface area contributed by atoms with Crippen LogP contribution in [-0.4, -0.2) is 29.3 Å². The van der Waals surface area contributed by atoms with E-state index >= 15 is 0 Å². The Morgan fingerprint density at radius 2 is 1.92 bits per heavy atom. The predicted octanol–water partition coefficient (Wildman–Crippen LogP) is 5.05. The number of allylic oxidation sites excluding steroid dienone is 2. The Kier molecular flexibility index (Phi) is 5.90. The molecule has 0 aromatic carbocycles. The van der Waals surface area contributed by atoms with Crippen LogP contribution < -0.4 is 10.6 Å². The molecule has 0 atom stereocenters. The number of unbranched alkanes of at least 4 members (excludes halogenated alkanes) is 4. The van der Waals surface area contributed by atoms with E-state index in [1.54, 1.807) is 18.1 Å². The van der Waals surface area contributed by atoms with Crippen molar-refractivity contribution < 1.29 is 0 Å². The summed E-state index contributed by atoms with van der Waals surface area (Å²) in [4.78, 5) is 17.3. The van der Waals surface area contributed by atoms with E-state index in [2.05, 4.69) is 42.7 Å². The third kappa shape index (κ3) is 4.22. The molecule has 0 bridgehead atoms. The minimum Gasteiger partial charge on any atom is -0.401 e. The molecule has 6 heteroatoms. The molecule has 1 aliphatic carbocycles. The van der Waals surface area contributed by atoms with Gasteiger partial charge < -0.3 is 10.6 Å². The molecule has 3 rings (SSSR count). The smallest absolute Gasteiger partial charge is 0.158 e. The zero-order chi connectivity index (χ0) is 18.7. The van der Waals surface area contributed by atoms with Gasteiger partial charge in [0.15, 0.2) is 5.82 Å². The molecule has 26 heavy (non-hydrogen) atoms. The summed E-state index contributed by atoms with van der Waals surface area (Å²) in [6.45, 7) is 7.76. The van der Waals surface area contributed by atoms with E-state index < -0.39 is 0 Å². The van der Waals surface area contributed by atoms with Gasteiger partial charge in [0.25, 0.3) is 0 Å². The average molecular weight is 374 g/mol. The SMILES string of the molecule is CCCCCCCN(C)c1ncnc2c1N=C1CC(C)(C)CC(N)=C1S2. The van der Waals surface area contributed by atoms with E-state index in [-0.39, 0.29) is 5.41 Å². The highest BCUT2D eigenvalue weighted by molar-refractivity contribution is 8.04. The molecule has 0 unspecified atom stereocenters. The van der Waals surface area contributed by atoms with E-state index in [1.807, 2.05) is 0 Å². The van der Waals surface area contributed by atoms with Gasteiger partial charge in [0.1, 0.15) is 17.0 Å². The lowest BCUT2D eigenvalue weighted by Crippen LogP contribution is -2.29. The fourth-order valence-corrected chi connectivity index (χ4v) is 4.65. The van der Waals surface area contributed by atoms with E-state index in [0.717, 1.165) is 52.2 Å². The maximum absolute atomic E-state index is 6.35. The number of thioether (sulfide) groups is 1. The zero-order valence-corrected chi connectivity index (χ0v) is 17.3. The van der Waals surface area contributed by atoms with Gasteiger partial charge in [-0.2, -0.15) is 0 Å². The minimum atomic E-state index is 0.158. The number of fused-ring (bicyclic) bond motifs is 2. The summed E-state index contributed by atoms with van der Waals surface area (Å²) in [5, 5.41) is 0.925. The van der Waals surface area contributed by atoms with Gasteiger partial charge >= 0.3 is 0 Å². The Morgan fingerprint density at radius 3 is 2.69 bits per heavy atom. The van der Waals surface area contributed by atoms with Gasteiger partial charge in [-0.3, -0.25) is 0 Å². The van der Waals surface area contributed by atoms with Crippen molar-refractivity contribution in [2.24, 2.45) is 16.1 Å². The van der Waals surface area contributed by atoms with Crippen molar-refractivity contribution in [3.8, 4) is 0 Å². The van der Waals surface area contributed by atoms with Crippen molar-refractivity contribution in [1.29, 1.82) is 0 Å². The molecule has 5 nitrogen and oxygen atoms in total. The number of hydrogen-bond donors (Lipinski definition) is 1. The highest BCUT2D eigenvalue weighted by Crippen LogP contribution is 2.49. The third-order valence-corrected chi connectivity index (χ3v) is 6.24. The number of nitrogens with zero attached hydrogens (tertiary/aromatic N) is 4. The Morgan fingerprint density at radius 1 is 1.15 bits per heavy atom. The van der Waals surface area contributed by atoms with Crippen LogP contribution in [0.4, 0.5) is 11.5 Å². The average Bonchev–Trinajstić information content (AvgIpc) is 2.58.